The van der Waals surface area contributed by atoms with Crippen molar-refractivity contribution in [1.29, 1.82) is 0 Å². The molecule has 0 saturated heterocycles. The van der Waals surface area contributed by atoms with Gasteiger partial charge >= 0.3 is 0 Å². The predicted molar refractivity (Wildman–Crippen MR) is 74.2 cm³/mol. The number of anilines is 1. The van der Waals surface area contributed by atoms with Gasteiger partial charge in [0.25, 0.3) is 0 Å². The molecule has 1 heterocycles. The average molecular weight is 235 g/mol. The Bertz CT molecular complexity index is 340. The van der Waals surface area contributed by atoms with E-state index in [-0.39, 0.29) is 5.54 Å². The highest BCUT2D eigenvalue weighted by molar-refractivity contribution is 5.35. The summed E-state index contributed by atoms with van der Waals surface area (Å²) in [4.78, 5) is 4.57. The van der Waals surface area contributed by atoms with E-state index in [1.54, 1.807) is 0 Å². The Kier molecular flexibility index (Phi) is 4.94. The van der Waals surface area contributed by atoms with E-state index in [4.69, 9.17) is 0 Å². The molecule has 0 aliphatic heterocycles. The summed E-state index contributed by atoms with van der Waals surface area (Å²) in [6.45, 7) is 12.6. The van der Waals surface area contributed by atoms with Crippen molar-refractivity contribution in [1.82, 2.24) is 10.3 Å². The van der Waals surface area contributed by atoms with Crippen molar-refractivity contribution in [2.45, 2.75) is 46.7 Å². The number of hydrogen-bond donors (Lipinski definition) is 2. The number of aromatic nitrogens is 1. The molecule has 0 atom stereocenters. The van der Waals surface area contributed by atoms with Gasteiger partial charge in [-0.25, -0.2) is 4.98 Å². The third kappa shape index (κ3) is 6.27. The first-order chi connectivity index (χ1) is 7.87. The molecular formula is C14H25N3. The van der Waals surface area contributed by atoms with Crippen LogP contribution >= 0.6 is 0 Å². The minimum Gasteiger partial charge on any atom is -0.370 e. The SMILES string of the molecule is CC(C)CNc1cccc(CNC(C)(C)C)n1. The second kappa shape index (κ2) is 6.01. The fourth-order valence-corrected chi connectivity index (χ4v) is 1.34. The van der Waals surface area contributed by atoms with Crippen LogP contribution in [0.5, 0.6) is 0 Å². The summed E-state index contributed by atoms with van der Waals surface area (Å²) in [5.74, 6) is 1.60. The van der Waals surface area contributed by atoms with E-state index in [1.165, 1.54) is 0 Å². The zero-order valence-electron chi connectivity index (χ0n) is 11.7. The molecule has 0 aliphatic carbocycles. The Balaban J connectivity index is 2.54. The van der Waals surface area contributed by atoms with Crippen molar-refractivity contribution in [2.24, 2.45) is 5.92 Å². The molecule has 0 spiro atoms. The number of hydrogen-bond acceptors (Lipinski definition) is 3. The van der Waals surface area contributed by atoms with Crippen LogP contribution in [0.15, 0.2) is 18.2 Å². The summed E-state index contributed by atoms with van der Waals surface area (Å²) < 4.78 is 0. The number of nitrogens with one attached hydrogen (secondary N) is 2. The zero-order valence-corrected chi connectivity index (χ0v) is 11.7. The molecule has 0 saturated carbocycles. The molecule has 0 radical (unpaired) electrons. The molecule has 1 aromatic rings. The standard InChI is InChI=1S/C14H25N3/c1-11(2)9-15-13-8-6-7-12(17-13)10-16-14(3,4)5/h6-8,11,16H,9-10H2,1-5H3,(H,15,17). The molecule has 0 fully saturated rings. The topological polar surface area (TPSA) is 37.0 Å². The summed E-state index contributed by atoms with van der Waals surface area (Å²) in [5.41, 5.74) is 1.21. The quantitative estimate of drug-likeness (QED) is 0.823. The molecule has 2 N–H and O–H groups in total. The van der Waals surface area contributed by atoms with Crippen molar-refractivity contribution in [3.05, 3.63) is 23.9 Å². The molecular weight excluding hydrogens is 210 g/mol. The Hall–Kier alpha value is -1.09. The zero-order chi connectivity index (χ0) is 12.9. The molecule has 1 rings (SSSR count). The van der Waals surface area contributed by atoms with Gasteiger partial charge in [-0.3, -0.25) is 0 Å². The summed E-state index contributed by atoms with van der Waals surface area (Å²) in [7, 11) is 0. The smallest absolute Gasteiger partial charge is 0.126 e. The fraction of sp³-hybridized carbons (Fsp3) is 0.643. The van der Waals surface area contributed by atoms with Crippen LogP contribution < -0.4 is 10.6 Å². The summed E-state index contributed by atoms with van der Waals surface area (Å²) in [6.07, 6.45) is 0. The highest BCUT2D eigenvalue weighted by atomic mass is 15.0. The van der Waals surface area contributed by atoms with Crippen LogP contribution in [-0.4, -0.2) is 17.1 Å². The van der Waals surface area contributed by atoms with Crippen LogP contribution in [0.3, 0.4) is 0 Å². The van der Waals surface area contributed by atoms with E-state index >= 15 is 0 Å². The van der Waals surface area contributed by atoms with Crippen molar-refractivity contribution < 1.29 is 0 Å². The first-order valence-corrected chi connectivity index (χ1v) is 6.31. The number of nitrogens with zero attached hydrogens (tertiary/aromatic N) is 1. The fourth-order valence-electron chi connectivity index (χ4n) is 1.34. The Morgan fingerprint density at radius 2 is 1.94 bits per heavy atom. The molecule has 96 valence electrons. The van der Waals surface area contributed by atoms with E-state index in [0.29, 0.717) is 5.92 Å². The lowest BCUT2D eigenvalue weighted by molar-refractivity contribution is 0.421. The maximum Gasteiger partial charge on any atom is 0.126 e. The van der Waals surface area contributed by atoms with Crippen molar-refractivity contribution >= 4 is 5.82 Å². The molecule has 17 heavy (non-hydrogen) atoms. The lowest BCUT2D eigenvalue weighted by atomic mass is 10.1. The number of rotatable bonds is 5. The van der Waals surface area contributed by atoms with Crippen LogP contribution in [0.1, 0.15) is 40.3 Å². The Morgan fingerprint density at radius 3 is 2.53 bits per heavy atom. The van der Waals surface area contributed by atoms with Gasteiger partial charge in [0.15, 0.2) is 0 Å². The third-order valence-corrected chi connectivity index (χ3v) is 2.30. The molecule has 3 heteroatoms. The summed E-state index contributed by atoms with van der Waals surface area (Å²) >= 11 is 0. The molecule has 0 bridgehead atoms. The van der Waals surface area contributed by atoms with E-state index < -0.39 is 0 Å². The Morgan fingerprint density at radius 1 is 1.24 bits per heavy atom. The second-order valence-corrected chi connectivity index (χ2v) is 5.89. The lowest BCUT2D eigenvalue weighted by Crippen LogP contribution is -2.35. The lowest BCUT2D eigenvalue weighted by Gasteiger charge is -2.20. The van der Waals surface area contributed by atoms with Crippen molar-refractivity contribution in [3.63, 3.8) is 0 Å². The molecule has 0 aliphatic rings. The molecule has 3 nitrogen and oxygen atoms in total. The first-order valence-electron chi connectivity index (χ1n) is 6.31. The van der Waals surface area contributed by atoms with Crippen LogP contribution in [0.4, 0.5) is 5.82 Å². The van der Waals surface area contributed by atoms with E-state index in [9.17, 15) is 0 Å². The van der Waals surface area contributed by atoms with Gasteiger partial charge in [-0.2, -0.15) is 0 Å². The normalized spacial score (nSPS) is 11.9. The highest BCUT2D eigenvalue weighted by Gasteiger charge is 2.08. The minimum absolute atomic E-state index is 0.128. The van der Waals surface area contributed by atoms with Crippen molar-refractivity contribution in [3.8, 4) is 0 Å². The van der Waals surface area contributed by atoms with Gasteiger partial charge < -0.3 is 10.6 Å². The van der Waals surface area contributed by atoms with Crippen LogP contribution in [0.25, 0.3) is 0 Å². The number of pyridine rings is 1. The van der Waals surface area contributed by atoms with Gasteiger partial charge in [-0.15, -0.1) is 0 Å². The summed E-state index contributed by atoms with van der Waals surface area (Å²) in [6, 6.07) is 6.12. The molecule has 0 amide bonds. The second-order valence-electron chi connectivity index (χ2n) is 5.89. The van der Waals surface area contributed by atoms with E-state index in [0.717, 1.165) is 24.6 Å². The van der Waals surface area contributed by atoms with E-state index in [1.807, 2.05) is 6.07 Å². The minimum atomic E-state index is 0.128. The van der Waals surface area contributed by atoms with Crippen LogP contribution in [0, 0.1) is 5.92 Å². The Labute approximate surface area is 105 Å². The van der Waals surface area contributed by atoms with Gasteiger partial charge in [0.05, 0.1) is 5.69 Å². The largest absolute Gasteiger partial charge is 0.370 e. The van der Waals surface area contributed by atoms with Gasteiger partial charge in [0, 0.05) is 18.6 Å². The molecule has 0 unspecified atom stereocenters. The van der Waals surface area contributed by atoms with E-state index in [2.05, 4.69) is 62.4 Å². The van der Waals surface area contributed by atoms with Crippen molar-refractivity contribution in [2.75, 3.05) is 11.9 Å². The molecule has 1 aromatic heterocycles. The van der Waals surface area contributed by atoms with Gasteiger partial charge in [-0.05, 0) is 38.8 Å². The first kappa shape index (κ1) is 14.0. The van der Waals surface area contributed by atoms with Crippen LogP contribution in [-0.2, 0) is 6.54 Å². The molecule has 0 aromatic carbocycles. The third-order valence-electron chi connectivity index (χ3n) is 2.30. The van der Waals surface area contributed by atoms with Gasteiger partial charge in [0.2, 0.25) is 0 Å². The van der Waals surface area contributed by atoms with Gasteiger partial charge in [0.1, 0.15) is 5.82 Å². The maximum atomic E-state index is 4.57. The monoisotopic (exact) mass is 235 g/mol. The predicted octanol–water partition coefficient (Wildman–Crippen LogP) is 3.04. The van der Waals surface area contributed by atoms with Crippen LogP contribution in [0.2, 0.25) is 0 Å². The summed E-state index contributed by atoms with van der Waals surface area (Å²) in [5, 5.41) is 6.78. The highest BCUT2D eigenvalue weighted by Crippen LogP contribution is 2.07. The van der Waals surface area contributed by atoms with Gasteiger partial charge in [-0.1, -0.05) is 19.9 Å². The maximum absolute atomic E-state index is 4.57. The average Bonchev–Trinajstić information content (AvgIpc) is 2.23.